The Labute approximate surface area is 193 Å². The second kappa shape index (κ2) is 11.8. The van der Waals surface area contributed by atoms with Crippen molar-refractivity contribution < 1.29 is 27.2 Å². The van der Waals surface area contributed by atoms with E-state index in [0.29, 0.717) is 13.1 Å². The van der Waals surface area contributed by atoms with Gasteiger partial charge in [0.2, 0.25) is 11.8 Å². The third kappa shape index (κ3) is 7.68. The van der Waals surface area contributed by atoms with Crippen LogP contribution in [-0.4, -0.2) is 47.1 Å². The summed E-state index contributed by atoms with van der Waals surface area (Å²) in [7, 11) is 0. The van der Waals surface area contributed by atoms with Crippen molar-refractivity contribution in [1.82, 2.24) is 15.3 Å². The van der Waals surface area contributed by atoms with Gasteiger partial charge in [0.05, 0.1) is 4.92 Å². The molecule has 0 aliphatic heterocycles. The lowest BCUT2D eigenvalue weighted by Crippen LogP contribution is -2.35. The van der Waals surface area contributed by atoms with Gasteiger partial charge in [-0.3, -0.25) is 10.1 Å². The van der Waals surface area contributed by atoms with E-state index >= 15 is 0 Å². The van der Waals surface area contributed by atoms with Crippen LogP contribution in [0, 0.1) is 16.0 Å². The average molecular weight is 486 g/mol. The van der Waals surface area contributed by atoms with Crippen molar-refractivity contribution in [1.29, 1.82) is 0 Å². The van der Waals surface area contributed by atoms with E-state index in [9.17, 15) is 27.7 Å². The van der Waals surface area contributed by atoms with Gasteiger partial charge < -0.3 is 20.7 Å². The summed E-state index contributed by atoms with van der Waals surface area (Å²) in [5.74, 6) is -0.0331. The van der Waals surface area contributed by atoms with Crippen LogP contribution in [-0.2, 0) is 6.54 Å². The van der Waals surface area contributed by atoms with Crippen LogP contribution in [0.3, 0.4) is 0 Å². The van der Waals surface area contributed by atoms with Crippen LogP contribution in [0.5, 0.6) is 5.75 Å². The molecule has 1 aromatic carbocycles. The Balaban J connectivity index is 1.62. The molecular formula is C21H26F4N6O3. The zero-order valence-electron chi connectivity index (χ0n) is 18.3. The molecule has 0 saturated heterocycles. The first kappa shape index (κ1) is 25.4. The first-order valence-electron chi connectivity index (χ1n) is 10.9. The smallest absolute Gasteiger partial charge is 0.405 e. The van der Waals surface area contributed by atoms with Gasteiger partial charge in [0.15, 0.2) is 0 Å². The summed E-state index contributed by atoms with van der Waals surface area (Å²) in [6.45, 7) is 0.314. The number of rotatable bonds is 11. The van der Waals surface area contributed by atoms with Crippen molar-refractivity contribution in [3.05, 3.63) is 46.1 Å². The summed E-state index contributed by atoms with van der Waals surface area (Å²) in [4.78, 5) is 18.9. The Morgan fingerprint density at radius 2 is 1.88 bits per heavy atom. The molecule has 0 unspecified atom stereocenters. The fraction of sp³-hybridized carbons (Fsp3) is 0.524. The molecular weight excluding hydrogens is 460 g/mol. The number of nitrogens with zero attached hydrogens (tertiary/aromatic N) is 3. The van der Waals surface area contributed by atoms with Gasteiger partial charge in [0.25, 0.3) is 0 Å². The van der Waals surface area contributed by atoms with Gasteiger partial charge in [0, 0.05) is 31.2 Å². The van der Waals surface area contributed by atoms with E-state index in [0.717, 1.165) is 31.9 Å². The van der Waals surface area contributed by atoms with Crippen molar-refractivity contribution in [2.24, 2.45) is 5.92 Å². The zero-order chi connectivity index (χ0) is 24.6. The van der Waals surface area contributed by atoms with Crippen LogP contribution < -0.4 is 20.7 Å². The van der Waals surface area contributed by atoms with Gasteiger partial charge in [0.1, 0.15) is 18.6 Å². The highest BCUT2D eigenvalue weighted by molar-refractivity contribution is 5.57. The molecule has 1 heterocycles. The van der Waals surface area contributed by atoms with E-state index in [1.54, 1.807) is 6.07 Å². The van der Waals surface area contributed by atoms with Gasteiger partial charge in [-0.15, -0.1) is 13.2 Å². The van der Waals surface area contributed by atoms with Crippen LogP contribution in [0.4, 0.5) is 35.0 Å². The molecule has 34 heavy (non-hydrogen) atoms. The fourth-order valence-corrected chi connectivity index (χ4v) is 3.84. The lowest BCUT2D eigenvalue weighted by molar-refractivity contribution is -0.384. The summed E-state index contributed by atoms with van der Waals surface area (Å²) in [6, 6.07) is 5.90. The first-order chi connectivity index (χ1) is 16.2. The fourth-order valence-electron chi connectivity index (χ4n) is 3.84. The minimum Gasteiger partial charge on any atom is -0.405 e. The number of hydrogen-bond donors (Lipinski definition) is 3. The normalized spacial score (nSPS) is 18.4. The molecule has 3 N–H and O–H groups in total. The molecule has 0 atom stereocenters. The maximum absolute atomic E-state index is 12.6. The second-order valence-corrected chi connectivity index (χ2v) is 7.94. The molecule has 2 aromatic rings. The maximum Gasteiger partial charge on any atom is 0.573 e. The van der Waals surface area contributed by atoms with Crippen LogP contribution in [0.2, 0.25) is 0 Å². The van der Waals surface area contributed by atoms with Crippen LogP contribution in [0.15, 0.2) is 30.5 Å². The number of para-hydroxylation sites is 1. The molecule has 13 heteroatoms. The molecule has 0 spiro atoms. The van der Waals surface area contributed by atoms with Crippen molar-refractivity contribution in [3.8, 4) is 5.75 Å². The Hall–Kier alpha value is -3.22. The Morgan fingerprint density at radius 1 is 1.15 bits per heavy atom. The van der Waals surface area contributed by atoms with Gasteiger partial charge in [-0.05, 0) is 37.7 Å². The highest BCUT2D eigenvalue weighted by Gasteiger charge is 2.32. The second-order valence-electron chi connectivity index (χ2n) is 7.94. The molecule has 186 valence electrons. The molecule has 0 radical (unpaired) electrons. The third-order valence-corrected chi connectivity index (χ3v) is 5.53. The molecule has 1 aromatic heterocycles. The number of alkyl halides is 4. The standard InChI is InChI=1S/C21H26F4N6O3/c22-9-10-26-16-7-5-14(6-8-16)11-27-19-17(31(32)33)13-29-20(30-19)28-12-15-3-1-2-4-18(15)34-21(23,24)25/h1-4,13-14,16,26H,5-12H2,(H2,27,28,29,30)/t14-,16-. The largest absolute Gasteiger partial charge is 0.573 e. The number of anilines is 2. The van der Waals surface area contributed by atoms with E-state index in [1.807, 2.05) is 0 Å². The number of halogens is 4. The topological polar surface area (TPSA) is 114 Å². The zero-order valence-corrected chi connectivity index (χ0v) is 18.3. The molecule has 1 aliphatic carbocycles. The maximum atomic E-state index is 12.6. The quantitative estimate of drug-likeness (QED) is 0.243. The van der Waals surface area contributed by atoms with Gasteiger partial charge in [-0.1, -0.05) is 18.2 Å². The predicted molar refractivity (Wildman–Crippen MR) is 117 cm³/mol. The van der Waals surface area contributed by atoms with E-state index in [-0.39, 0.29) is 47.3 Å². The van der Waals surface area contributed by atoms with E-state index in [1.165, 1.54) is 18.2 Å². The molecule has 9 nitrogen and oxygen atoms in total. The first-order valence-corrected chi connectivity index (χ1v) is 10.9. The number of benzene rings is 1. The van der Waals surface area contributed by atoms with Crippen molar-refractivity contribution in [2.75, 3.05) is 30.4 Å². The Bertz CT molecular complexity index is 954. The van der Waals surface area contributed by atoms with E-state index in [2.05, 4.69) is 30.7 Å². The van der Waals surface area contributed by atoms with Crippen molar-refractivity contribution in [2.45, 2.75) is 44.6 Å². The van der Waals surface area contributed by atoms with E-state index in [4.69, 9.17) is 0 Å². The SMILES string of the molecule is O=[N+]([O-])c1cnc(NCc2ccccc2OC(F)(F)F)nc1NC[C@H]1CC[C@H](NCCF)CC1. The van der Waals surface area contributed by atoms with Crippen molar-refractivity contribution in [3.63, 3.8) is 0 Å². The summed E-state index contributed by atoms with van der Waals surface area (Å²) in [5, 5.41) is 20.3. The number of nitrogens with one attached hydrogen (secondary N) is 3. The van der Waals surface area contributed by atoms with Crippen LogP contribution >= 0.6 is 0 Å². The predicted octanol–water partition coefficient (Wildman–Crippen LogP) is 4.43. The number of hydrogen-bond acceptors (Lipinski definition) is 8. The van der Waals surface area contributed by atoms with Gasteiger partial charge in [-0.25, -0.2) is 9.37 Å². The van der Waals surface area contributed by atoms with Crippen molar-refractivity contribution >= 4 is 17.5 Å². The minimum atomic E-state index is -4.83. The number of nitro groups is 1. The monoisotopic (exact) mass is 486 g/mol. The molecule has 0 bridgehead atoms. The minimum absolute atomic E-state index is 0.0223. The van der Waals surface area contributed by atoms with Crippen LogP contribution in [0.25, 0.3) is 0 Å². The Kier molecular flexibility index (Phi) is 8.79. The molecule has 1 aliphatic rings. The molecule has 1 saturated carbocycles. The number of aromatic nitrogens is 2. The molecule has 0 amide bonds. The molecule has 1 fully saturated rings. The van der Waals surface area contributed by atoms with E-state index < -0.39 is 18.0 Å². The highest BCUT2D eigenvalue weighted by atomic mass is 19.4. The summed E-state index contributed by atoms with van der Waals surface area (Å²) in [5.41, 5.74) is -0.0842. The van der Waals surface area contributed by atoms with Gasteiger partial charge in [-0.2, -0.15) is 4.98 Å². The van der Waals surface area contributed by atoms with Gasteiger partial charge >= 0.3 is 12.0 Å². The summed E-state index contributed by atoms with van der Waals surface area (Å²) < 4.78 is 54.2. The molecule has 3 rings (SSSR count). The number of ether oxygens (including phenoxy) is 1. The Morgan fingerprint density at radius 3 is 2.56 bits per heavy atom. The third-order valence-electron chi connectivity index (χ3n) is 5.53. The summed E-state index contributed by atoms with van der Waals surface area (Å²) >= 11 is 0. The highest BCUT2D eigenvalue weighted by Crippen LogP contribution is 2.29. The average Bonchev–Trinajstić information content (AvgIpc) is 2.80. The lowest BCUT2D eigenvalue weighted by atomic mass is 9.86. The van der Waals surface area contributed by atoms with Crippen LogP contribution in [0.1, 0.15) is 31.2 Å². The summed E-state index contributed by atoms with van der Waals surface area (Å²) in [6.07, 6.45) is -0.226. The lowest BCUT2D eigenvalue weighted by Gasteiger charge is -2.29.